The maximum atomic E-state index is 11.4. The summed E-state index contributed by atoms with van der Waals surface area (Å²) in [7, 11) is -0.459. The molecule has 0 radical (unpaired) electrons. The number of rotatable bonds is 4. The van der Waals surface area contributed by atoms with E-state index in [1.165, 1.54) is 0 Å². The molecule has 19 heavy (non-hydrogen) atoms. The minimum atomic E-state index is -0.743. The third-order valence-corrected chi connectivity index (χ3v) is 4.87. The molecule has 1 heterocycles. The zero-order valence-corrected chi connectivity index (χ0v) is 12.4. The average molecular weight is 266 g/mol. The number of aliphatic carboxylic acids is 1. The molecule has 2 rings (SSSR count). The number of carbonyl (C=O) groups is 1. The number of hydrogen-bond acceptors (Lipinski definition) is 3. The molecule has 1 saturated carbocycles. The highest BCUT2D eigenvalue weighted by atomic mass is 16.7. The maximum absolute atomic E-state index is 11.4. The van der Waals surface area contributed by atoms with Crippen LogP contribution in [0, 0.1) is 11.3 Å². The molecule has 0 aromatic carbocycles. The van der Waals surface area contributed by atoms with E-state index in [1.807, 2.05) is 34.6 Å². The van der Waals surface area contributed by atoms with E-state index >= 15 is 0 Å². The van der Waals surface area contributed by atoms with Crippen molar-refractivity contribution in [2.24, 2.45) is 11.3 Å². The van der Waals surface area contributed by atoms with Crippen molar-refractivity contribution in [3.63, 3.8) is 0 Å². The molecular weight excluding hydrogens is 243 g/mol. The fourth-order valence-corrected chi connectivity index (χ4v) is 2.61. The lowest BCUT2D eigenvalue weighted by Crippen LogP contribution is -2.41. The molecule has 0 aromatic heterocycles. The van der Waals surface area contributed by atoms with E-state index in [1.54, 1.807) is 12.1 Å². The topological polar surface area (TPSA) is 55.8 Å². The molecule has 2 fully saturated rings. The Kier molecular flexibility index (Phi) is 3.34. The molecule has 2 atom stereocenters. The van der Waals surface area contributed by atoms with Gasteiger partial charge in [-0.2, -0.15) is 0 Å². The Labute approximate surface area is 115 Å². The first-order valence-corrected chi connectivity index (χ1v) is 6.93. The van der Waals surface area contributed by atoms with E-state index in [2.05, 4.69) is 0 Å². The third-order valence-electron chi connectivity index (χ3n) is 4.87. The zero-order valence-electron chi connectivity index (χ0n) is 12.4. The van der Waals surface area contributed by atoms with Gasteiger partial charge in [-0.05, 0) is 40.0 Å². The van der Waals surface area contributed by atoms with Crippen molar-refractivity contribution < 1.29 is 19.2 Å². The predicted octanol–water partition coefficient (Wildman–Crippen LogP) is 2.67. The van der Waals surface area contributed by atoms with Crippen molar-refractivity contribution in [2.45, 2.75) is 58.7 Å². The van der Waals surface area contributed by atoms with Gasteiger partial charge in [0.1, 0.15) is 0 Å². The van der Waals surface area contributed by atoms with Crippen molar-refractivity contribution in [2.75, 3.05) is 0 Å². The van der Waals surface area contributed by atoms with Crippen LogP contribution in [0.2, 0.25) is 0 Å². The normalized spacial score (nSPS) is 35.8. The van der Waals surface area contributed by atoms with Crippen LogP contribution in [0.1, 0.15) is 47.5 Å². The Balaban J connectivity index is 2.07. The lowest BCUT2D eigenvalue weighted by molar-refractivity contribution is -0.141. The van der Waals surface area contributed by atoms with Crippen LogP contribution in [-0.4, -0.2) is 29.4 Å². The van der Waals surface area contributed by atoms with Gasteiger partial charge in [0.2, 0.25) is 0 Å². The highest BCUT2D eigenvalue weighted by Gasteiger charge is 2.58. The number of carboxylic acids is 1. The molecular formula is C14H23BO4. The number of hydrogen-bond donors (Lipinski definition) is 1. The van der Waals surface area contributed by atoms with E-state index in [0.717, 1.165) is 12.8 Å². The molecule has 0 spiro atoms. The monoisotopic (exact) mass is 266 g/mol. The van der Waals surface area contributed by atoms with Crippen LogP contribution >= 0.6 is 0 Å². The van der Waals surface area contributed by atoms with Crippen molar-refractivity contribution in [1.82, 2.24) is 0 Å². The summed E-state index contributed by atoms with van der Waals surface area (Å²) >= 11 is 0. The molecule has 106 valence electrons. The van der Waals surface area contributed by atoms with Gasteiger partial charge in [0.05, 0.1) is 16.6 Å². The molecule has 1 saturated heterocycles. The van der Waals surface area contributed by atoms with Crippen LogP contribution in [0.5, 0.6) is 0 Å². The van der Waals surface area contributed by atoms with Gasteiger partial charge < -0.3 is 14.4 Å². The SMILES string of the molecule is CCC1CC1(C=CB1OC(C)(C)C(C)(C)O1)C(=O)O. The molecule has 0 aromatic rings. The summed E-state index contributed by atoms with van der Waals surface area (Å²) in [5.74, 6) is 1.26. The lowest BCUT2D eigenvalue weighted by Gasteiger charge is -2.32. The first kappa shape index (κ1) is 14.6. The van der Waals surface area contributed by atoms with Gasteiger partial charge in [0.15, 0.2) is 0 Å². The molecule has 5 heteroatoms. The highest BCUT2D eigenvalue weighted by molar-refractivity contribution is 6.51. The average Bonchev–Trinajstić information content (AvgIpc) is 2.95. The van der Waals surface area contributed by atoms with E-state index in [-0.39, 0.29) is 17.1 Å². The van der Waals surface area contributed by atoms with Gasteiger partial charge in [-0.25, -0.2) is 0 Å². The van der Waals surface area contributed by atoms with Crippen molar-refractivity contribution in [3.8, 4) is 0 Å². The quantitative estimate of drug-likeness (QED) is 0.795. The molecule has 1 aliphatic heterocycles. The summed E-state index contributed by atoms with van der Waals surface area (Å²) < 4.78 is 11.7. The zero-order chi connectivity index (χ0) is 14.5. The summed E-state index contributed by atoms with van der Waals surface area (Å²) in [6, 6.07) is 0. The van der Waals surface area contributed by atoms with E-state index < -0.39 is 18.5 Å². The molecule has 4 nitrogen and oxygen atoms in total. The minimum Gasteiger partial charge on any atom is -0.481 e. The lowest BCUT2D eigenvalue weighted by atomic mass is 9.86. The standard InChI is InChI=1S/C14H23BO4/c1-6-10-9-14(10,11(16)17)7-8-15-18-12(2,3)13(4,5)19-15/h7-8,10H,6,9H2,1-5H3,(H,16,17). The highest BCUT2D eigenvalue weighted by Crippen LogP contribution is 2.56. The van der Waals surface area contributed by atoms with E-state index in [9.17, 15) is 9.90 Å². The summed E-state index contributed by atoms with van der Waals surface area (Å²) in [4.78, 5) is 11.4. The van der Waals surface area contributed by atoms with Crippen LogP contribution in [0.4, 0.5) is 0 Å². The van der Waals surface area contributed by atoms with Crippen molar-refractivity contribution >= 4 is 13.1 Å². The fourth-order valence-electron chi connectivity index (χ4n) is 2.61. The predicted molar refractivity (Wildman–Crippen MR) is 73.7 cm³/mol. The van der Waals surface area contributed by atoms with Gasteiger partial charge >= 0.3 is 13.1 Å². The largest absolute Gasteiger partial charge is 0.486 e. The Hall–Kier alpha value is -0.805. The first-order chi connectivity index (χ1) is 8.64. The summed E-state index contributed by atoms with van der Waals surface area (Å²) in [6.07, 6.45) is 3.38. The smallest absolute Gasteiger partial charge is 0.481 e. The summed E-state index contributed by atoms with van der Waals surface area (Å²) in [6.45, 7) is 9.97. The molecule has 0 bridgehead atoms. The van der Waals surface area contributed by atoms with Crippen molar-refractivity contribution in [1.29, 1.82) is 0 Å². The molecule has 0 amide bonds. The van der Waals surface area contributed by atoms with Gasteiger partial charge in [0, 0.05) is 0 Å². The van der Waals surface area contributed by atoms with Gasteiger partial charge in [-0.1, -0.05) is 25.4 Å². The minimum absolute atomic E-state index is 0.240. The Bertz CT molecular complexity index is 400. The fraction of sp³-hybridized carbons (Fsp3) is 0.786. The van der Waals surface area contributed by atoms with E-state index in [0.29, 0.717) is 0 Å². The Morgan fingerprint density at radius 2 is 1.84 bits per heavy atom. The van der Waals surface area contributed by atoms with Crippen LogP contribution in [0.3, 0.4) is 0 Å². The molecule has 1 N–H and O–H groups in total. The summed E-state index contributed by atoms with van der Waals surface area (Å²) in [5, 5.41) is 9.35. The molecule has 2 aliphatic rings. The van der Waals surface area contributed by atoms with Crippen molar-refractivity contribution in [3.05, 3.63) is 12.1 Å². The second-order valence-corrected chi connectivity index (χ2v) is 6.64. The van der Waals surface area contributed by atoms with Crippen LogP contribution in [0.15, 0.2) is 12.1 Å². The summed E-state index contributed by atoms with van der Waals surface area (Å²) in [5.41, 5.74) is -1.46. The van der Waals surface area contributed by atoms with Crippen LogP contribution in [0.25, 0.3) is 0 Å². The second-order valence-electron chi connectivity index (χ2n) is 6.64. The molecule has 2 unspecified atom stereocenters. The van der Waals surface area contributed by atoms with Gasteiger partial charge in [-0.3, -0.25) is 4.79 Å². The van der Waals surface area contributed by atoms with Gasteiger partial charge in [-0.15, -0.1) is 0 Å². The van der Waals surface area contributed by atoms with Gasteiger partial charge in [0.25, 0.3) is 0 Å². The Morgan fingerprint density at radius 1 is 1.32 bits per heavy atom. The first-order valence-electron chi connectivity index (χ1n) is 6.93. The molecule has 1 aliphatic carbocycles. The van der Waals surface area contributed by atoms with Crippen LogP contribution < -0.4 is 0 Å². The number of carboxylic acid groups (broad SMARTS) is 1. The Morgan fingerprint density at radius 3 is 2.21 bits per heavy atom. The third kappa shape index (κ3) is 2.34. The van der Waals surface area contributed by atoms with Crippen LogP contribution in [-0.2, 0) is 14.1 Å². The van der Waals surface area contributed by atoms with E-state index in [4.69, 9.17) is 9.31 Å². The second kappa shape index (κ2) is 4.35. The maximum Gasteiger partial charge on any atom is 0.486 e.